The van der Waals surface area contributed by atoms with Gasteiger partial charge in [-0.05, 0) is 51.1 Å². The highest BCUT2D eigenvalue weighted by atomic mass is 16.5. The lowest BCUT2D eigenvalue weighted by atomic mass is 10.0. The van der Waals surface area contributed by atoms with E-state index in [1.54, 1.807) is 0 Å². The molecular weight excluding hydrogens is 240 g/mol. The van der Waals surface area contributed by atoms with Crippen molar-refractivity contribution in [2.45, 2.75) is 25.8 Å². The molecule has 0 saturated carbocycles. The number of carbonyl (C=O) groups excluding carboxylic acids is 1. The van der Waals surface area contributed by atoms with Gasteiger partial charge in [0, 0.05) is 12.1 Å². The summed E-state index contributed by atoms with van der Waals surface area (Å²) in [6.45, 7) is 5.58. The van der Waals surface area contributed by atoms with Crippen LogP contribution in [0.4, 0.5) is 5.69 Å². The van der Waals surface area contributed by atoms with Gasteiger partial charge in [-0.15, -0.1) is 0 Å². The van der Waals surface area contributed by atoms with Crippen LogP contribution in [0, 0.1) is 0 Å². The Labute approximate surface area is 113 Å². The van der Waals surface area contributed by atoms with E-state index in [0.29, 0.717) is 6.61 Å². The molecule has 1 unspecified atom stereocenters. The standard InChI is InChI=1S/C15H20N2O2/c1-11(17-7-2-3-8-17)15(18)12-4-5-14-13(10-12)16-6-9-19-14/h4-5,10-11,16H,2-3,6-9H2,1H3. The SMILES string of the molecule is CC(C(=O)c1ccc2c(c1)NCCO2)N1CCCC1. The number of carbonyl (C=O) groups is 1. The summed E-state index contributed by atoms with van der Waals surface area (Å²) in [7, 11) is 0. The maximum Gasteiger partial charge on any atom is 0.179 e. The Kier molecular flexibility index (Phi) is 3.42. The third kappa shape index (κ3) is 2.45. The number of fused-ring (bicyclic) bond motifs is 1. The second-order valence-corrected chi connectivity index (χ2v) is 5.27. The van der Waals surface area contributed by atoms with Gasteiger partial charge in [0.1, 0.15) is 12.4 Å². The molecular formula is C15H20N2O2. The molecule has 3 rings (SSSR count). The second kappa shape index (κ2) is 5.21. The fraction of sp³-hybridized carbons (Fsp3) is 0.533. The molecule has 19 heavy (non-hydrogen) atoms. The second-order valence-electron chi connectivity index (χ2n) is 5.27. The summed E-state index contributed by atoms with van der Waals surface area (Å²) in [5, 5.41) is 3.28. The van der Waals surface area contributed by atoms with Crippen molar-refractivity contribution < 1.29 is 9.53 Å². The van der Waals surface area contributed by atoms with E-state index in [1.165, 1.54) is 12.8 Å². The molecule has 1 aromatic rings. The fourth-order valence-electron chi connectivity index (χ4n) is 2.83. The van der Waals surface area contributed by atoms with Crippen molar-refractivity contribution in [3.8, 4) is 5.75 Å². The lowest BCUT2D eigenvalue weighted by molar-refractivity contribution is 0.0867. The van der Waals surface area contributed by atoms with Crippen LogP contribution in [0.5, 0.6) is 5.75 Å². The third-order valence-corrected chi connectivity index (χ3v) is 4.01. The molecule has 102 valence electrons. The fourth-order valence-corrected chi connectivity index (χ4v) is 2.83. The predicted octanol–water partition coefficient (Wildman–Crippen LogP) is 2.16. The highest BCUT2D eigenvalue weighted by molar-refractivity contribution is 6.01. The van der Waals surface area contributed by atoms with Gasteiger partial charge in [0.25, 0.3) is 0 Å². The Balaban J connectivity index is 1.79. The van der Waals surface area contributed by atoms with E-state index in [9.17, 15) is 4.79 Å². The Hall–Kier alpha value is -1.55. The van der Waals surface area contributed by atoms with Crippen LogP contribution in [-0.2, 0) is 0 Å². The topological polar surface area (TPSA) is 41.6 Å². The van der Waals surface area contributed by atoms with E-state index in [4.69, 9.17) is 4.74 Å². The van der Waals surface area contributed by atoms with Crippen LogP contribution in [0.15, 0.2) is 18.2 Å². The predicted molar refractivity (Wildman–Crippen MR) is 75.0 cm³/mol. The number of hydrogen-bond acceptors (Lipinski definition) is 4. The monoisotopic (exact) mass is 260 g/mol. The number of rotatable bonds is 3. The van der Waals surface area contributed by atoms with E-state index in [0.717, 1.165) is 36.6 Å². The van der Waals surface area contributed by atoms with Crippen molar-refractivity contribution in [3.63, 3.8) is 0 Å². The van der Waals surface area contributed by atoms with Crippen LogP contribution < -0.4 is 10.1 Å². The van der Waals surface area contributed by atoms with E-state index < -0.39 is 0 Å². The summed E-state index contributed by atoms with van der Waals surface area (Å²) >= 11 is 0. The van der Waals surface area contributed by atoms with Gasteiger partial charge in [0.2, 0.25) is 0 Å². The minimum absolute atomic E-state index is 0.0231. The van der Waals surface area contributed by atoms with Crippen LogP contribution >= 0.6 is 0 Å². The summed E-state index contributed by atoms with van der Waals surface area (Å²) < 4.78 is 5.53. The minimum Gasteiger partial charge on any atom is -0.490 e. The summed E-state index contributed by atoms with van der Waals surface area (Å²) in [5.41, 5.74) is 1.71. The number of ketones is 1. The molecule has 0 spiro atoms. The van der Waals surface area contributed by atoms with Gasteiger partial charge < -0.3 is 10.1 Å². The van der Waals surface area contributed by atoms with Crippen LogP contribution in [0.1, 0.15) is 30.1 Å². The average Bonchev–Trinajstić information content (AvgIpc) is 2.99. The van der Waals surface area contributed by atoms with Gasteiger partial charge in [-0.25, -0.2) is 0 Å². The van der Waals surface area contributed by atoms with Gasteiger partial charge in [-0.1, -0.05) is 0 Å². The highest BCUT2D eigenvalue weighted by Gasteiger charge is 2.25. The first-order chi connectivity index (χ1) is 9.25. The molecule has 0 aliphatic carbocycles. The average molecular weight is 260 g/mol. The maximum atomic E-state index is 12.5. The molecule has 2 aliphatic rings. The van der Waals surface area contributed by atoms with Crippen LogP contribution in [-0.4, -0.2) is 43.0 Å². The largest absolute Gasteiger partial charge is 0.490 e. The lowest BCUT2D eigenvalue weighted by Crippen LogP contribution is -2.36. The highest BCUT2D eigenvalue weighted by Crippen LogP contribution is 2.29. The lowest BCUT2D eigenvalue weighted by Gasteiger charge is -2.24. The van der Waals surface area contributed by atoms with Gasteiger partial charge >= 0.3 is 0 Å². The number of anilines is 1. The van der Waals surface area contributed by atoms with Crippen molar-refractivity contribution in [1.82, 2.24) is 4.90 Å². The van der Waals surface area contributed by atoms with Crippen LogP contribution in [0.3, 0.4) is 0 Å². The molecule has 0 amide bonds. The molecule has 1 atom stereocenters. The zero-order valence-electron chi connectivity index (χ0n) is 11.3. The number of Topliss-reactive ketones (excluding diaryl/α,β-unsaturated/α-hetero) is 1. The van der Waals surface area contributed by atoms with Gasteiger partial charge in [-0.3, -0.25) is 9.69 Å². The normalized spacial score (nSPS) is 20.3. The molecule has 0 radical (unpaired) electrons. The Morgan fingerprint density at radius 1 is 1.37 bits per heavy atom. The van der Waals surface area contributed by atoms with Crippen molar-refractivity contribution >= 4 is 11.5 Å². The number of nitrogens with one attached hydrogen (secondary N) is 1. The first-order valence-corrected chi connectivity index (χ1v) is 7.05. The van der Waals surface area contributed by atoms with E-state index >= 15 is 0 Å². The van der Waals surface area contributed by atoms with Crippen molar-refractivity contribution in [3.05, 3.63) is 23.8 Å². The quantitative estimate of drug-likeness (QED) is 0.846. The zero-order valence-corrected chi connectivity index (χ0v) is 11.3. The van der Waals surface area contributed by atoms with E-state index in [2.05, 4.69) is 10.2 Å². The van der Waals surface area contributed by atoms with E-state index in [1.807, 2.05) is 25.1 Å². The summed E-state index contributed by atoms with van der Waals surface area (Å²) in [4.78, 5) is 14.8. The van der Waals surface area contributed by atoms with Gasteiger partial charge in [-0.2, -0.15) is 0 Å². The minimum atomic E-state index is -0.0231. The number of nitrogens with zero attached hydrogens (tertiary/aromatic N) is 1. The molecule has 0 aromatic heterocycles. The van der Waals surface area contributed by atoms with Crippen molar-refractivity contribution in [2.24, 2.45) is 0 Å². The number of hydrogen-bond donors (Lipinski definition) is 1. The summed E-state index contributed by atoms with van der Waals surface area (Å²) in [5.74, 6) is 1.05. The molecule has 1 N–H and O–H groups in total. The first kappa shape index (κ1) is 12.5. The molecule has 2 aliphatic heterocycles. The van der Waals surface area contributed by atoms with Gasteiger partial charge in [0.05, 0.1) is 11.7 Å². The van der Waals surface area contributed by atoms with E-state index in [-0.39, 0.29) is 11.8 Å². The van der Waals surface area contributed by atoms with Crippen LogP contribution in [0.25, 0.3) is 0 Å². The number of ether oxygens (including phenoxy) is 1. The third-order valence-electron chi connectivity index (χ3n) is 4.01. The molecule has 1 aromatic carbocycles. The molecule has 4 heteroatoms. The summed E-state index contributed by atoms with van der Waals surface area (Å²) in [6.07, 6.45) is 2.41. The van der Waals surface area contributed by atoms with Crippen molar-refractivity contribution in [1.29, 1.82) is 0 Å². The Morgan fingerprint density at radius 2 is 2.16 bits per heavy atom. The van der Waals surface area contributed by atoms with Crippen molar-refractivity contribution in [2.75, 3.05) is 31.6 Å². The zero-order chi connectivity index (χ0) is 13.2. The van der Waals surface area contributed by atoms with Crippen LogP contribution in [0.2, 0.25) is 0 Å². The Bertz CT molecular complexity index is 481. The molecule has 1 fully saturated rings. The molecule has 0 bridgehead atoms. The number of likely N-dealkylation sites (tertiary alicyclic amines) is 1. The van der Waals surface area contributed by atoms with Gasteiger partial charge in [0.15, 0.2) is 5.78 Å². The Morgan fingerprint density at radius 3 is 2.95 bits per heavy atom. The molecule has 2 heterocycles. The maximum absolute atomic E-state index is 12.5. The smallest absolute Gasteiger partial charge is 0.179 e. The molecule has 1 saturated heterocycles. The number of benzene rings is 1. The summed E-state index contributed by atoms with van der Waals surface area (Å²) in [6, 6.07) is 5.67. The first-order valence-electron chi connectivity index (χ1n) is 7.05. The molecule has 4 nitrogen and oxygen atoms in total.